The van der Waals surface area contributed by atoms with Crippen LogP contribution in [-0.4, -0.2) is 36.5 Å². The Hall–Kier alpha value is -0.990. The summed E-state index contributed by atoms with van der Waals surface area (Å²) < 4.78 is 70.1. The van der Waals surface area contributed by atoms with Crippen molar-refractivity contribution in [3.63, 3.8) is 0 Å². The van der Waals surface area contributed by atoms with Crippen LogP contribution in [0.15, 0.2) is 0 Å². The lowest BCUT2D eigenvalue weighted by molar-refractivity contribution is -0.133. The van der Waals surface area contributed by atoms with E-state index in [0.717, 1.165) is 27.7 Å². The number of carbonyl (C=O) groups is 1. The van der Waals surface area contributed by atoms with E-state index in [1.807, 2.05) is 0 Å². The summed E-state index contributed by atoms with van der Waals surface area (Å²) in [5.41, 5.74) is -9.13. The highest BCUT2D eigenvalue weighted by atomic mass is 32.2. The van der Waals surface area contributed by atoms with E-state index in [1.165, 1.54) is 0 Å². The van der Waals surface area contributed by atoms with Crippen LogP contribution in [-0.2, 0) is 19.3 Å². The highest BCUT2D eigenvalue weighted by Crippen LogP contribution is 2.43. The van der Waals surface area contributed by atoms with E-state index in [9.17, 15) is 26.4 Å². The molecule has 0 spiro atoms. The van der Waals surface area contributed by atoms with Gasteiger partial charge in [-0.25, -0.2) is 13.2 Å². The van der Waals surface area contributed by atoms with Gasteiger partial charge in [0.05, 0.1) is 0 Å². The minimum atomic E-state index is -5.54. The molecule has 0 aliphatic carbocycles. The Labute approximate surface area is 102 Å². The average molecular weight is 290 g/mol. The van der Waals surface area contributed by atoms with Crippen LogP contribution in [0.25, 0.3) is 0 Å². The maximum absolute atomic E-state index is 12.6. The molecule has 5 nitrogen and oxygen atoms in total. The maximum Gasteiger partial charge on any atom is 0.509 e. The standard InChI is InChI=1S/C9H13F3O5S/c1-7(2)5(18(14,15)9(10,11)12)8(3,4)17-6(13)16-7/h5H,1-4H3. The molecule has 0 bridgehead atoms. The van der Waals surface area contributed by atoms with Gasteiger partial charge in [-0.2, -0.15) is 13.2 Å². The van der Waals surface area contributed by atoms with E-state index in [-0.39, 0.29) is 0 Å². The molecule has 0 aromatic rings. The number of rotatable bonds is 1. The zero-order chi connectivity index (χ0) is 14.6. The molecule has 0 saturated carbocycles. The summed E-state index contributed by atoms with van der Waals surface area (Å²) in [4.78, 5) is 11.1. The van der Waals surface area contributed by atoms with Gasteiger partial charge in [0.25, 0.3) is 9.84 Å². The molecule has 0 N–H and O–H groups in total. The Balaban J connectivity index is 3.41. The second-order valence-corrected chi connectivity index (χ2v) is 7.06. The molecule has 1 aliphatic heterocycles. The fourth-order valence-corrected chi connectivity index (χ4v) is 4.13. The molecule has 1 saturated heterocycles. The van der Waals surface area contributed by atoms with Crippen molar-refractivity contribution < 1.29 is 35.9 Å². The summed E-state index contributed by atoms with van der Waals surface area (Å²) in [6, 6.07) is 0. The lowest BCUT2D eigenvalue weighted by atomic mass is 9.90. The van der Waals surface area contributed by atoms with E-state index in [1.54, 1.807) is 0 Å². The molecule has 1 rings (SSSR count). The number of halogens is 3. The smallest absolute Gasteiger partial charge is 0.427 e. The molecule has 0 radical (unpaired) electrons. The molecule has 9 heteroatoms. The summed E-state index contributed by atoms with van der Waals surface area (Å²) in [7, 11) is -5.54. The van der Waals surface area contributed by atoms with Crippen LogP contribution in [0.2, 0.25) is 0 Å². The number of carbonyl (C=O) groups excluding carboxylic acids is 1. The lowest BCUT2D eigenvalue weighted by Crippen LogP contribution is -2.64. The van der Waals surface area contributed by atoms with Crippen LogP contribution in [0.1, 0.15) is 27.7 Å². The van der Waals surface area contributed by atoms with Crippen molar-refractivity contribution in [2.24, 2.45) is 0 Å². The summed E-state index contributed by atoms with van der Waals surface area (Å²) in [6.45, 7) is 4.40. The molecular formula is C9H13F3O5S. The van der Waals surface area contributed by atoms with Gasteiger partial charge < -0.3 is 9.47 Å². The maximum atomic E-state index is 12.6. The number of hydrogen-bond donors (Lipinski definition) is 0. The zero-order valence-corrected chi connectivity index (χ0v) is 11.0. The van der Waals surface area contributed by atoms with Crippen molar-refractivity contribution in [1.82, 2.24) is 0 Å². The number of cyclic esters (lactones) is 2. The van der Waals surface area contributed by atoms with Crippen molar-refractivity contribution in [2.75, 3.05) is 0 Å². The number of sulfone groups is 1. The minimum absolute atomic E-state index is 1.10. The average Bonchev–Trinajstić information content (AvgIpc) is 1.92. The van der Waals surface area contributed by atoms with Gasteiger partial charge in [0.1, 0.15) is 16.5 Å². The van der Waals surface area contributed by atoms with Crippen LogP contribution in [0.5, 0.6) is 0 Å². The summed E-state index contributed by atoms with van der Waals surface area (Å²) in [6.07, 6.45) is -1.20. The second kappa shape index (κ2) is 3.75. The predicted molar refractivity (Wildman–Crippen MR) is 54.5 cm³/mol. The molecule has 0 aromatic carbocycles. The quantitative estimate of drug-likeness (QED) is 0.691. The third kappa shape index (κ3) is 2.27. The lowest BCUT2D eigenvalue weighted by Gasteiger charge is -2.46. The summed E-state index contributed by atoms with van der Waals surface area (Å²) in [5, 5.41) is -2.05. The monoisotopic (exact) mass is 290 g/mol. The number of alkyl halides is 3. The van der Waals surface area contributed by atoms with E-state index in [4.69, 9.17) is 0 Å². The largest absolute Gasteiger partial charge is 0.509 e. The van der Waals surface area contributed by atoms with Gasteiger partial charge in [0.2, 0.25) is 0 Å². The molecule has 106 valence electrons. The summed E-state index contributed by atoms with van der Waals surface area (Å²) in [5.74, 6) is 0. The molecule has 1 aliphatic rings. The van der Waals surface area contributed by atoms with Crippen LogP contribution >= 0.6 is 0 Å². The van der Waals surface area contributed by atoms with Gasteiger partial charge in [-0.3, -0.25) is 0 Å². The third-order valence-electron chi connectivity index (χ3n) is 2.59. The van der Waals surface area contributed by atoms with Gasteiger partial charge >= 0.3 is 11.7 Å². The molecule has 0 atom stereocenters. The summed E-state index contributed by atoms with van der Waals surface area (Å²) >= 11 is 0. The Morgan fingerprint density at radius 3 is 1.67 bits per heavy atom. The molecule has 18 heavy (non-hydrogen) atoms. The Bertz CT molecular complexity index is 443. The fraction of sp³-hybridized carbons (Fsp3) is 0.889. The minimum Gasteiger partial charge on any atom is -0.427 e. The molecule has 0 unspecified atom stereocenters. The van der Waals surface area contributed by atoms with Crippen molar-refractivity contribution >= 4 is 16.0 Å². The first-order valence-corrected chi connectivity index (χ1v) is 6.48. The van der Waals surface area contributed by atoms with Gasteiger partial charge in [0.15, 0.2) is 0 Å². The van der Waals surface area contributed by atoms with Crippen LogP contribution < -0.4 is 0 Å². The molecule has 1 heterocycles. The zero-order valence-electron chi connectivity index (χ0n) is 10.2. The van der Waals surface area contributed by atoms with Gasteiger partial charge in [-0.1, -0.05) is 0 Å². The highest BCUT2D eigenvalue weighted by Gasteiger charge is 2.65. The van der Waals surface area contributed by atoms with Crippen molar-refractivity contribution in [3.05, 3.63) is 0 Å². The Morgan fingerprint density at radius 2 is 1.39 bits per heavy atom. The van der Waals surface area contributed by atoms with E-state index in [0.29, 0.717) is 0 Å². The number of ether oxygens (including phenoxy) is 2. The van der Waals surface area contributed by atoms with Crippen LogP contribution in [0, 0.1) is 0 Å². The van der Waals surface area contributed by atoms with Crippen molar-refractivity contribution in [2.45, 2.75) is 49.7 Å². The second-order valence-electron chi connectivity index (χ2n) is 5.03. The SMILES string of the molecule is CC1(C)OC(=O)OC(C)(C)C1S(=O)(=O)C(F)(F)F. The van der Waals surface area contributed by atoms with Crippen molar-refractivity contribution in [1.29, 1.82) is 0 Å². The normalized spacial score (nSPS) is 24.3. The molecular weight excluding hydrogens is 277 g/mol. The van der Waals surface area contributed by atoms with Crippen LogP contribution in [0.4, 0.5) is 18.0 Å². The van der Waals surface area contributed by atoms with E-state index < -0.39 is 38.0 Å². The van der Waals surface area contributed by atoms with E-state index in [2.05, 4.69) is 9.47 Å². The molecule has 0 amide bonds. The Kier molecular flexibility index (Phi) is 3.14. The third-order valence-corrected chi connectivity index (χ3v) is 4.99. The molecule has 0 aromatic heterocycles. The van der Waals surface area contributed by atoms with Gasteiger partial charge in [0, 0.05) is 0 Å². The first kappa shape index (κ1) is 15.1. The highest BCUT2D eigenvalue weighted by molar-refractivity contribution is 7.93. The number of hydrogen-bond acceptors (Lipinski definition) is 5. The van der Waals surface area contributed by atoms with E-state index >= 15 is 0 Å². The van der Waals surface area contributed by atoms with Gasteiger partial charge in [-0.05, 0) is 27.7 Å². The first-order chi connectivity index (χ1) is 7.72. The Morgan fingerprint density at radius 1 is 1.06 bits per heavy atom. The van der Waals surface area contributed by atoms with Crippen molar-refractivity contribution in [3.8, 4) is 0 Å². The predicted octanol–water partition coefficient (Wildman–Crippen LogP) is 2.01. The first-order valence-electron chi connectivity index (χ1n) is 4.94. The fourth-order valence-electron chi connectivity index (χ4n) is 2.28. The molecule has 1 fully saturated rings. The van der Waals surface area contributed by atoms with Gasteiger partial charge in [-0.15, -0.1) is 0 Å². The topological polar surface area (TPSA) is 69.7 Å². The van der Waals surface area contributed by atoms with Crippen LogP contribution in [0.3, 0.4) is 0 Å².